The standard InChI is InChI=1S/C20H30Cl2N10/c21-16-3-1-2-11(17(16)22)6-27-18-28-19(31-7-12(23)4-13(24)8-31)30-20(29-18)32-9-14(25)5-15(26)10-32/h1-3,12-15H,4-10,23-26H2,(H,27,28,29,30). The number of piperidine rings is 2. The molecule has 1 aromatic heterocycles. The van der Waals surface area contributed by atoms with Crippen LogP contribution in [0.25, 0.3) is 0 Å². The smallest absolute Gasteiger partial charge is 0.232 e. The molecule has 4 rings (SSSR count). The molecule has 0 aliphatic carbocycles. The Bertz CT molecular complexity index is 880. The Labute approximate surface area is 197 Å². The Kier molecular flexibility index (Phi) is 7.18. The van der Waals surface area contributed by atoms with Crippen LogP contribution in [-0.2, 0) is 6.54 Å². The van der Waals surface area contributed by atoms with Gasteiger partial charge in [-0.15, -0.1) is 0 Å². The number of halogens is 2. The molecule has 4 atom stereocenters. The number of hydrogen-bond donors (Lipinski definition) is 5. The number of rotatable bonds is 5. The first kappa shape index (κ1) is 23.2. The van der Waals surface area contributed by atoms with E-state index in [-0.39, 0.29) is 24.2 Å². The van der Waals surface area contributed by atoms with Crippen molar-refractivity contribution in [2.45, 2.75) is 43.6 Å². The van der Waals surface area contributed by atoms with E-state index in [0.717, 1.165) is 18.4 Å². The maximum absolute atomic E-state index is 6.33. The average Bonchev–Trinajstić information content (AvgIpc) is 2.73. The van der Waals surface area contributed by atoms with Crippen LogP contribution in [0.5, 0.6) is 0 Å². The zero-order valence-corrected chi connectivity index (χ0v) is 19.3. The normalized spacial score (nSPS) is 26.3. The first-order valence-electron chi connectivity index (χ1n) is 10.7. The highest BCUT2D eigenvalue weighted by atomic mass is 35.5. The van der Waals surface area contributed by atoms with Crippen LogP contribution in [0.1, 0.15) is 18.4 Å². The van der Waals surface area contributed by atoms with E-state index in [9.17, 15) is 0 Å². The zero-order valence-electron chi connectivity index (χ0n) is 17.8. The van der Waals surface area contributed by atoms with Crippen LogP contribution in [0.3, 0.4) is 0 Å². The van der Waals surface area contributed by atoms with E-state index in [1.165, 1.54) is 0 Å². The number of benzene rings is 1. The minimum Gasteiger partial charge on any atom is -0.350 e. The van der Waals surface area contributed by atoms with Gasteiger partial charge in [0.2, 0.25) is 17.8 Å². The quantitative estimate of drug-likeness (QED) is 0.407. The monoisotopic (exact) mass is 480 g/mol. The van der Waals surface area contributed by atoms with Gasteiger partial charge < -0.3 is 38.1 Å². The molecule has 174 valence electrons. The van der Waals surface area contributed by atoms with Crippen molar-refractivity contribution < 1.29 is 0 Å². The summed E-state index contributed by atoms with van der Waals surface area (Å²) in [7, 11) is 0. The molecule has 0 spiro atoms. The van der Waals surface area contributed by atoms with Gasteiger partial charge in [-0.1, -0.05) is 35.3 Å². The molecule has 9 N–H and O–H groups in total. The summed E-state index contributed by atoms with van der Waals surface area (Å²) in [5.41, 5.74) is 25.6. The van der Waals surface area contributed by atoms with Crippen molar-refractivity contribution >= 4 is 41.0 Å². The maximum Gasteiger partial charge on any atom is 0.232 e. The Balaban J connectivity index is 1.63. The summed E-state index contributed by atoms with van der Waals surface area (Å²) in [4.78, 5) is 18.0. The van der Waals surface area contributed by atoms with E-state index >= 15 is 0 Å². The number of nitrogens with one attached hydrogen (secondary N) is 1. The molecule has 10 nitrogen and oxygen atoms in total. The largest absolute Gasteiger partial charge is 0.350 e. The molecule has 0 amide bonds. The SMILES string of the molecule is NC1CC(N)CN(c2nc(NCc3cccc(Cl)c3Cl)nc(N3CC(N)CC(N)C3)n2)C1. The van der Waals surface area contributed by atoms with Crippen LogP contribution in [0.15, 0.2) is 18.2 Å². The predicted molar refractivity (Wildman–Crippen MR) is 129 cm³/mol. The summed E-state index contributed by atoms with van der Waals surface area (Å²) in [6, 6.07) is 5.32. The number of nitrogens with zero attached hydrogens (tertiary/aromatic N) is 5. The minimum atomic E-state index is -0.0440. The van der Waals surface area contributed by atoms with Gasteiger partial charge in [-0.3, -0.25) is 0 Å². The minimum absolute atomic E-state index is 0.0440. The molecule has 1 aromatic carbocycles. The lowest BCUT2D eigenvalue weighted by Crippen LogP contribution is -2.54. The molecule has 12 heteroatoms. The Morgan fingerprint density at radius 3 is 1.81 bits per heavy atom. The van der Waals surface area contributed by atoms with Gasteiger partial charge in [-0.05, 0) is 24.5 Å². The van der Waals surface area contributed by atoms with Crippen LogP contribution in [0.2, 0.25) is 10.0 Å². The van der Waals surface area contributed by atoms with Gasteiger partial charge >= 0.3 is 0 Å². The van der Waals surface area contributed by atoms with Gasteiger partial charge in [-0.2, -0.15) is 15.0 Å². The van der Waals surface area contributed by atoms with Gasteiger partial charge in [-0.25, -0.2) is 0 Å². The average molecular weight is 481 g/mol. The number of aromatic nitrogens is 3. The van der Waals surface area contributed by atoms with Crippen molar-refractivity contribution in [2.75, 3.05) is 41.3 Å². The van der Waals surface area contributed by atoms with Gasteiger partial charge in [0.15, 0.2) is 0 Å². The van der Waals surface area contributed by atoms with E-state index in [1.54, 1.807) is 6.07 Å². The van der Waals surface area contributed by atoms with E-state index < -0.39 is 0 Å². The molecular weight excluding hydrogens is 451 g/mol. The lowest BCUT2D eigenvalue weighted by Gasteiger charge is -2.37. The Morgan fingerprint density at radius 2 is 1.31 bits per heavy atom. The highest BCUT2D eigenvalue weighted by Crippen LogP contribution is 2.27. The van der Waals surface area contributed by atoms with Crippen molar-refractivity contribution in [1.29, 1.82) is 0 Å². The lowest BCUT2D eigenvalue weighted by molar-refractivity contribution is 0.441. The van der Waals surface area contributed by atoms with Gasteiger partial charge in [0.05, 0.1) is 10.0 Å². The van der Waals surface area contributed by atoms with Crippen LogP contribution in [0.4, 0.5) is 17.8 Å². The summed E-state index contributed by atoms with van der Waals surface area (Å²) >= 11 is 12.5. The number of nitrogens with two attached hydrogens (primary N) is 4. The molecule has 32 heavy (non-hydrogen) atoms. The number of anilines is 3. The molecule has 2 aliphatic heterocycles. The second-order valence-corrected chi connectivity index (χ2v) is 9.43. The van der Waals surface area contributed by atoms with Gasteiger partial charge in [0, 0.05) is 56.9 Å². The fourth-order valence-electron chi connectivity index (χ4n) is 4.26. The summed E-state index contributed by atoms with van der Waals surface area (Å²) in [6.07, 6.45) is 1.53. The highest BCUT2D eigenvalue weighted by molar-refractivity contribution is 6.42. The zero-order chi connectivity index (χ0) is 22.8. The van der Waals surface area contributed by atoms with Crippen LogP contribution < -0.4 is 38.1 Å². The fraction of sp³-hybridized carbons (Fsp3) is 0.550. The molecule has 3 heterocycles. The topological polar surface area (TPSA) is 161 Å². The molecule has 0 saturated carbocycles. The van der Waals surface area contributed by atoms with Crippen molar-refractivity contribution in [1.82, 2.24) is 15.0 Å². The van der Waals surface area contributed by atoms with Crippen molar-refractivity contribution in [2.24, 2.45) is 22.9 Å². The van der Waals surface area contributed by atoms with E-state index in [2.05, 4.69) is 15.3 Å². The summed E-state index contributed by atoms with van der Waals surface area (Å²) < 4.78 is 0. The number of hydrogen-bond acceptors (Lipinski definition) is 10. The van der Waals surface area contributed by atoms with E-state index in [4.69, 9.17) is 51.1 Å². The van der Waals surface area contributed by atoms with E-state index in [1.807, 2.05) is 21.9 Å². The maximum atomic E-state index is 6.33. The lowest BCUT2D eigenvalue weighted by atomic mass is 10.0. The summed E-state index contributed by atoms with van der Waals surface area (Å²) in [5, 5.41) is 4.24. The molecule has 0 radical (unpaired) electrons. The third-order valence-electron chi connectivity index (χ3n) is 5.68. The van der Waals surface area contributed by atoms with Crippen molar-refractivity contribution in [3.63, 3.8) is 0 Å². The molecule has 2 aliphatic rings. The summed E-state index contributed by atoms with van der Waals surface area (Å²) in [6.45, 7) is 2.89. The second-order valence-electron chi connectivity index (χ2n) is 8.65. The highest BCUT2D eigenvalue weighted by Gasteiger charge is 2.28. The Morgan fingerprint density at radius 1 is 0.812 bits per heavy atom. The first-order chi connectivity index (χ1) is 15.3. The van der Waals surface area contributed by atoms with E-state index in [0.29, 0.717) is 60.6 Å². The molecular formula is C20H30Cl2N10. The molecule has 0 bridgehead atoms. The summed E-state index contributed by atoms with van der Waals surface area (Å²) in [5.74, 6) is 1.46. The predicted octanol–water partition coefficient (Wildman–Crippen LogP) is 0.520. The first-order valence-corrected chi connectivity index (χ1v) is 11.5. The molecule has 2 fully saturated rings. The fourth-order valence-corrected chi connectivity index (χ4v) is 4.65. The van der Waals surface area contributed by atoms with Gasteiger partial charge in [0.1, 0.15) is 0 Å². The second kappa shape index (κ2) is 9.90. The van der Waals surface area contributed by atoms with Crippen LogP contribution in [0, 0.1) is 0 Å². The van der Waals surface area contributed by atoms with Crippen LogP contribution >= 0.6 is 23.2 Å². The van der Waals surface area contributed by atoms with Crippen LogP contribution in [-0.4, -0.2) is 65.3 Å². The third-order valence-corrected chi connectivity index (χ3v) is 6.53. The molecule has 2 saturated heterocycles. The molecule has 4 unspecified atom stereocenters. The molecule has 2 aromatic rings. The van der Waals surface area contributed by atoms with Gasteiger partial charge in [0.25, 0.3) is 0 Å². The Hall–Kier alpha value is -1.95. The van der Waals surface area contributed by atoms with Crippen molar-refractivity contribution in [3.05, 3.63) is 33.8 Å². The third kappa shape index (κ3) is 5.51. The van der Waals surface area contributed by atoms with Crippen molar-refractivity contribution in [3.8, 4) is 0 Å².